The Morgan fingerprint density at radius 2 is 0.560 bits per heavy atom. The van der Waals surface area contributed by atoms with E-state index in [4.69, 9.17) is 9.97 Å². The lowest BCUT2D eigenvalue weighted by Crippen LogP contribution is -2.18. The molecule has 0 aliphatic rings. The molecule has 8 nitrogen and oxygen atoms in total. The topological polar surface area (TPSA) is 50.3 Å². The Hall–Kier alpha value is -11.5. The largest absolute Gasteiger partial charge is 0.310 e. The van der Waals surface area contributed by atoms with E-state index in [1.165, 1.54) is 5.39 Å². The normalized spacial score (nSPS) is 11.6. The molecule has 84 heavy (non-hydrogen) atoms. The summed E-state index contributed by atoms with van der Waals surface area (Å²) in [6.07, 6.45) is 0. The van der Waals surface area contributed by atoms with Crippen molar-refractivity contribution >= 4 is 117 Å². The number of rotatable bonds is 12. The quantitative estimate of drug-likeness (QED) is 0.122. The molecule has 0 saturated carbocycles. The lowest BCUT2D eigenvalue weighted by atomic mass is 10.1. The van der Waals surface area contributed by atoms with E-state index in [1.54, 1.807) is 0 Å². The Kier molecular flexibility index (Phi) is 11.7. The molecule has 0 aliphatic carbocycles. The molecule has 8 heteroatoms. The molecular weight excluding hydrogens is 1020 g/mol. The summed E-state index contributed by atoms with van der Waals surface area (Å²) in [6, 6.07) is 112. The minimum atomic E-state index is 0.496. The minimum Gasteiger partial charge on any atom is -0.310 e. The number of hydrogen-bond donors (Lipinski definition) is 0. The second kappa shape index (κ2) is 20.3. The molecule has 4 aromatic heterocycles. The molecule has 0 radical (unpaired) electrons. The Bertz CT molecular complexity index is 5040. The van der Waals surface area contributed by atoms with E-state index in [1.807, 2.05) is 0 Å². The zero-order valence-corrected chi connectivity index (χ0v) is 45.6. The Balaban J connectivity index is 0.988. The summed E-state index contributed by atoms with van der Waals surface area (Å²) in [5.41, 5.74) is 15.5. The highest BCUT2D eigenvalue weighted by Gasteiger charge is 2.27. The fourth-order valence-electron chi connectivity index (χ4n) is 12.5. The minimum absolute atomic E-state index is 0.496. The molecular formula is C76H52N8. The van der Waals surface area contributed by atoms with Crippen LogP contribution in [0.1, 0.15) is 0 Å². The predicted octanol–water partition coefficient (Wildman–Crippen LogP) is 20.2. The van der Waals surface area contributed by atoms with E-state index in [9.17, 15) is 0 Å². The van der Waals surface area contributed by atoms with Gasteiger partial charge in [-0.3, -0.25) is 14.4 Å². The van der Waals surface area contributed by atoms with Gasteiger partial charge in [-0.15, -0.1) is 0 Å². The van der Waals surface area contributed by atoms with Crippen LogP contribution >= 0.6 is 0 Å². The zero-order valence-electron chi connectivity index (χ0n) is 45.6. The number of para-hydroxylation sites is 9. The van der Waals surface area contributed by atoms with E-state index < -0.39 is 0 Å². The van der Waals surface area contributed by atoms with Crippen molar-refractivity contribution in [2.45, 2.75) is 0 Å². The third kappa shape index (κ3) is 8.15. The maximum absolute atomic E-state index is 5.85. The van der Waals surface area contributed by atoms with Crippen molar-refractivity contribution in [3.63, 3.8) is 0 Å². The first-order valence-corrected chi connectivity index (χ1v) is 28.4. The summed E-state index contributed by atoms with van der Waals surface area (Å²) in [4.78, 5) is 18.5. The third-order valence-electron chi connectivity index (χ3n) is 16.2. The Labute approximate surface area is 485 Å². The average Bonchev–Trinajstić information content (AvgIpc) is 2.59. The van der Waals surface area contributed by atoms with Gasteiger partial charge >= 0.3 is 0 Å². The van der Waals surface area contributed by atoms with Crippen molar-refractivity contribution < 1.29 is 0 Å². The summed E-state index contributed by atoms with van der Waals surface area (Å²) in [7, 11) is 0. The number of aromatic nitrogens is 5. The fraction of sp³-hybridized carbons (Fsp3) is 0. The number of benzene rings is 12. The van der Waals surface area contributed by atoms with Gasteiger partial charge in [0.05, 0.1) is 38.8 Å². The highest BCUT2D eigenvalue weighted by molar-refractivity contribution is 6.13. The SMILES string of the molecule is c1ccc(N(c2ccccc2)c2ccc3c4ccccc4n(-c4cc(N(c5ccccc5)c5ccc6c(c5)c5ccccc5n6-c5ccccc5)nc(N(c5ccccc5)c5ccc6c7ccccc7n(-c7ccccc7)c6c5)n4)c3c2)cc1. The average molecular weight is 1080 g/mol. The summed E-state index contributed by atoms with van der Waals surface area (Å²) in [6.45, 7) is 0. The van der Waals surface area contributed by atoms with Gasteiger partial charge in [0.15, 0.2) is 0 Å². The van der Waals surface area contributed by atoms with Crippen LogP contribution in [0, 0.1) is 0 Å². The lowest BCUT2D eigenvalue weighted by molar-refractivity contribution is 0.997. The fourth-order valence-corrected chi connectivity index (χ4v) is 12.5. The second-order valence-electron chi connectivity index (χ2n) is 21.1. The maximum Gasteiger partial charge on any atom is 0.238 e. The monoisotopic (exact) mass is 1080 g/mol. The van der Waals surface area contributed by atoms with Crippen molar-refractivity contribution in [3.8, 4) is 17.2 Å². The van der Waals surface area contributed by atoms with Crippen LogP contribution in [0.15, 0.2) is 315 Å². The number of anilines is 9. The molecule has 0 aliphatic heterocycles. The molecule has 0 spiro atoms. The summed E-state index contributed by atoms with van der Waals surface area (Å²) >= 11 is 0. The van der Waals surface area contributed by atoms with Gasteiger partial charge in [-0.25, -0.2) is 0 Å². The van der Waals surface area contributed by atoms with Gasteiger partial charge in [0.25, 0.3) is 0 Å². The van der Waals surface area contributed by atoms with Crippen LogP contribution in [-0.2, 0) is 0 Å². The molecule has 0 unspecified atom stereocenters. The third-order valence-corrected chi connectivity index (χ3v) is 16.2. The molecule has 16 aromatic rings. The summed E-state index contributed by atoms with van der Waals surface area (Å²) < 4.78 is 7.06. The van der Waals surface area contributed by atoms with Crippen LogP contribution in [0.5, 0.6) is 0 Å². The van der Waals surface area contributed by atoms with Gasteiger partial charge in [-0.05, 0) is 133 Å². The summed E-state index contributed by atoms with van der Waals surface area (Å²) in [5, 5.41) is 6.85. The van der Waals surface area contributed by atoms with Crippen LogP contribution in [0.3, 0.4) is 0 Å². The number of nitrogens with zero attached hydrogens (tertiary/aromatic N) is 8. The van der Waals surface area contributed by atoms with Crippen molar-refractivity contribution in [3.05, 3.63) is 315 Å². The first-order chi connectivity index (χ1) is 41.7. The summed E-state index contributed by atoms with van der Waals surface area (Å²) in [5.74, 6) is 1.88. The maximum atomic E-state index is 5.85. The van der Waals surface area contributed by atoms with Crippen molar-refractivity contribution in [2.24, 2.45) is 0 Å². The molecule has 0 atom stereocenters. The highest BCUT2D eigenvalue weighted by Crippen LogP contribution is 2.45. The molecule has 16 rings (SSSR count). The van der Waals surface area contributed by atoms with Gasteiger partial charge in [-0.1, -0.05) is 176 Å². The second-order valence-corrected chi connectivity index (χ2v) is 21.1. The van der Waals surface area contributed by atoms with Gasteiger partial charge in [0.2, 0.25) is 5.95 Å². The van der Waals surface area contributed by atoms with Gasteiger partial charge < -0.3 is 14.0 Å². The van der Waals surface area contributed by atoms with Crippen LogP contribution in [0.2, 0.25) is 0 Å². The first-order valence-electron chi connectivity index (χ1n) is 28.4. The molecule has 0 saturated heterocycles. The van der Waals surface area contributed by atoms with E-state index in [0.717, 1.165) is 111 Å². The van der Waals surface area contributed by atoms with E-state index in [0.29, 0.717) is 17.6 Å². The Morgan fingerprint density at radius 1 is 0.214 bits per heavy atom. The molecule has 4 heterocycles. The van der Waals surface area contributed by atoms with Gasteiger partial charge in [0.1, 0.15) is 11.6 Å². The number of hydrogen-bond acceptors (Lipinski definition) is 5. The van der Waals surface area contributed by atoms with Gasteiger partial charge in [-0.2, -0.15) is 9.97 Å². The smallest absolute Gasteiger partial charge is 0.238 e. The van der Waals surface area contributed by atoms with Crippen LogP contribution < -0.4 is 14.7 Å². The van der Waals surface area contributed by atoms with E-state index >= 15 is 0 Å². The molecule has 12 aromatic carbocycles. The molecule has 396 valence electrons. The van der Waals surface area contributed by atoms with E-state index in [-0.39, 0.29) is 0 Å². The van der Waals surface area contributed by atoms with E-state index in [2.05, 4.69) is 344 Å². The highest BCUT2D eigenvalue weighted by atomic mass is 15.3. The molecule has 0 fully saturated rings. The number of fused-ring (bicyclic) bond motifs is 9. The standard InChI is InChI=1S/C76H52N8/c1-7-25-53(26-8-1)79(54-27-9-2-10-28-54)60-43-46-66-63-38-20-24-42-70(63)84(73(66)50-60)75-52-74(80(55-29-11-3-12-30-55)59-45-48-71-67(49-59)64-39-21-23-41-69(64)82(71)57-33-15-5-16-34-57)77-76(78-75)81(56-31-13-4-14-32-56)61-44-47-65-62-37-19-22-40-68(62)83(72(65)51-61)58-35-17-6-18-36-58/h1-52H. The predicted molar refractivity (Wildman–Crippen MR) is 349 cm³/mol. The van der Waals surface area contributed by atoms with Crippen LogP contribution in [0.25, 0.3) is 82.6 Å². The molecule has 0 N–H and O–H groups in total. The van der Waals surface area contributed by atoms with Crippen LogP contribution in [0.4, 0.5) is 51.6 Å². The molecule has 0 bridgehead atoms. The zero-order chi connectivity index (χ0) is 55.5. The van der Waals surface area contributed by atoms with Crippen molar-refractivity contribution in [1.82, 2.24) is 23.7 Å². The van der Waals surface area contributed by atoms with Crippen molar-refractivity contribution in [2.75, 3.05) is 14.7 Å². The molecule has 0 amide bonds. The van der Waals surface area contributed by atoms with Gasteiger partial charge in [0, 0.05) is 83.9 Å². The van der Waals surface area contributed by atoms with Crippen LogP contribution in [-0.4, -0.2) is 23.7 Å². The van der Waals surface area contributed by atoms with Crippen molar-refractivity contribution in [1.29, 1.82) is 0 Å². The Morgan fingerprint density at radius 3 is 1.07 bits per heavy atom. The first kappa shape index (κ1) is 48.4. The lowest BCUT2D eigenvalue weighted by Gasteiger charge is -2.28.